The van der Waals surface area contributed by atoms with E-state index in [-0.39, 0.29) is 17.9 Å². The lowest BCUT2D eigenvalue weighted by molar-refractivity contribution is 0.0972. The summed E-state index contributed by atoms with van der Waals surface area (Å²) >= 11 is 3.34. The van der Waals surface area contributed by atoms with E-state index < -0.39 is 0 Å². The number of benzene rings is 2. The first-order valence-corrected chi connectivity index (χ1v) is 7.18. The van der Waals surface area contributed by atoms with Crippen LogP contribution in [0.3, 0.4) is 0 Å². The zero-order chi connectivity index (χ0) is 14.8. The number of halogens is 1. The molecule has 5 heteroatoms. The van der Waals surface area contributed by atoms with Crippen LogP contribution in [0.4, 0.5) is 0 Å². The number of ketones is 1. The average molecular weight is 343 g/mol. The van der Waals surface area contributed by atoms with Crippen molar-refractivity contribution in [2.24, 2.45) is 0 Å². The molecular weight excluding hydrogens is 332 g/mol. The summed E-state index contributed by atoms with van der Waals surface area (Å²) in [6, 6.07) is 14.4. The van der Waals surface area contributed by atoms with E-state index in [1.54, 1.807) is 24.3 Å². The second-order valence-electron chi connectivity index (χ2n) is 4.60. The Balaban J connectivity index is 2.04. The quantitative estimate of drug-likeness (QED) is 0.687. The molecule has 0 spiro atoms. The molecule has 0 fully saturated rings. The maximum absolute atomic E-state index is 12.4. The Kier molecular flexibility index (Phi) is 3.66. The Bertz CT molecular complexity index is 887. The Labute approximate surface area is 129 Å². The van der Waals surface area contributed by atoms with Gasteiger partial charge in [0.15, 0.2) is 5.78 Å². The summed E-state index contributed by atoms with van der Waals surface area (Å²) in [5.74, 6) is -0.116. The Morgan fingerprint density at radius 1 is 1.14 bits per heavy atom. The molecule has 0 bridgehead atoms. The fourth-order valence-electron chi connectivity index (χ4n) is 2.17. The summed E-state index contributed by atoms with van der Waals surface area (Å²) in [5.41, 5.74) is 1.64. The Hall–Kier alpha value is -2.27. The van der Waals surface area contributed by atoms with E-state index >= 15 is 0 Å². The molecule has 0 saturated heterocycles. The fraction of sp³-hybridized carbons (Fsp3) is 0.0625. The molecular formula is C16H11BrN2O2. The minimum absolute atomic E-state index is 0.00167. The highest BCUT2D eigenvalue weighted by Gasteiger charge is 2.11. The number of fused-ring (bicyclic) bond motifs is 1. The lowest BCUT2D eigenvalue weighted by atomic mass is 10.1. The summed E-state index contributed by atoms with van der Waals surface area (Å²) < 4.78 is 2.28. The van der Waals surface area contributed by atoms with Crippen LogP contribution in [0.5, 0.6) is 0 Å². The largest absolute Gasteiger partial charge is 0.298 e. The number of hydrogen-bond acceptors (Lipinski definition) is 3. The molecule has 0 saturated carbocycles. The summed E-state index contributed by atoms with van der Waals surface area (Å²) in [6.07, 6.45) is 1.25. The van der Waals surface area contributed by atoms with Crippen molar-refractivity contribution in [1.29, 1.82) is 0 Å². The zero-order valence-corrected chi connectivity index (χ0v) is 12.6. The lowest BCUT2D eigenvalue weighted by Gasteiger charge is -2.08. The number of nitrogens with zero attached hydrogens (tertiary/aromatic N) is 2. The van der Waals surface area contributed by atoms with Crippen molar-refractivity contribution < 1.29 is 4.79 Å². The van der Waals surface area contributed by atoms with Gasteiger partial charge in [-0.15, -0.1) is 0 Å². The van der Waals surface area contributed by atoms with Gasteiger partial charge in [0, 0.05) is 10.0 Å². The van der Waals surface area contributed by atoms with Crippen LogP contribution in [0.2, 0.25) is 0 Å². The highest BCUT2D eigenvalue weighted by Crippen LogP contribution is 2.14. The van der Waals surface area contributed by atoms with Gasteiger partial charge in [0.25, 0.3) is 5.56 Å². The van der Waals surface area contributed by atoms with Crippen LogP contribution < -0.4 is 5.56 Å². The van der Waals surface area contributed by atoms with Gasteiger partial charge in [-0.05, 0) is 24.3 Å². The third kappa shape index (κ3) is 2.78. The maximum Gasteiger partial charge on any atom is 0.269 e. The molecule has 4 nitrogen and oxygen atoms in total. The SMILES string of the molecule is O=C(Cn1c(=O)cnc2ccccc21)c1cccc(Br)c1. The van der Waals surface area contributed by atoms with Crippen molar-refractivity contribution in [2.45, 2.75) is 6.54 Å². The van der Waals surface area contributed by atoms with Gasteiger partial charge in [-0.2, -0.15) is 0 Å². The summed E-state index contributed by atoms with van der Waals surface area (Å²) in [6.45, 7) is -0.00167. The number of carbonyl (C=O) groups is 1. The van der Waals surface area contributed by atoms with Gasteiger partial charge in [0.05, 0.1) is 23.8 Å². The van der Waals surface area contributed by atoms with Crippen LogP contribution in [0.1, 0.15) is 10.4 Å². The van der Waals surface area contributed by atoms with E-state index in [9.17, 15) is 9.59 Å². The molecule has 1 aromatic heterocycles. The predicted molar refractivity (Wildman–Crippen MR) is 84.5 cm³/mol. The normalized spacial score (nSPS) is 10.7. The number of rotatable bonds is 3. The predicted octanol–water partition coefficient (Wildman–Crippen LogP) is 3.04. The van der Waals surface area contributed by atoms with Crippen LogP contribution in [0.15, 0.2) is 64.0 Å². The number of para-hydroxylation sites is 2. The summed E-state index contributed by atoms with van der Waals surface area (Å²) in [4.78, 5) is 28.5. The molecule has 0 amide bonds. The molecule has 0 radical (unpaired) electrons. The van der Waals surface area contributed by atoms with Crippen LogP contribution in [-0.4, -0.2) is 15.3 Å². The summed E-state index contributed by atoms with van der Waals surface area (Å²) in [7, 11) is 0. The van der Waals surface area contributed by atoms with Gasteiger partial charge in [-0.25, -0.2) is 4.98 Å². The van der Waals surface area contributed by atoms with E-state index in [4.69, 9.17) is 0 Å². The first-order valence-electron chi connectivity index (χ1n) is 6.38. The van der Waals surface area contributed by atoms with E-state index in [0.717, 1.165) is 4.47 Å². The van der Waals surface area contributed by atoms with E-state index in [0.29, 0.717) is 16.6 Å². The van der Waals surface area contributed by atoms with Crippen molar-refractivity contribution in [1.82, 2.24) is 9.55 Å². The highest BCUT2D eigenvalue weighted by atomic mass is 79.9. The molecule has 21 heavy (non-hydrogen) atoms. The highest BCUT2D eigenvalue weighted by molar-refractivity contribution is 9.10. The number of hydrogen-bond donors (Lipinski definition) is 0. The molecule has 0 aliphatic heterocycles. The van der Waals surface area contributed by atoms with Gasteiger partial charge in [0.1, 0.15) is 0 Å². The van der Waals surface area contributed by atoms with E-state index in [1.165, 1.54) is 10.8 Å². The zero-order valence-electron chi connectivity index (χ0n) is 11.0. The molecule has 104 valence electrons. The average Bonchev–Trinajstić information content (AvgIpc) is 2.50. The first kappa shape index (κ1) is 13.7. The first-order chi connectivity index (χ1) is 10.1. The molecule has 2 aromatic carbocycles. The minimum atomic E-state index is -0.281. The standard InChI is InChI=1S/C16H11BrN2O2/c17-12-5-3-4-11(8-12)15(20)10-19-14-7-2-1-6-13(14)18-9-16(19)21/h1-9H,10H2. The van der Waals surface area contributed by atoms with Gasteiger partial charge >= 0.3 is 0 Å². The number of aromatic nitrogens is 2. The van der Waals surface area contributed by atoms with Crippen molar-refractivity contribution in [3.8, 4) is 0 Å². The van der Waals surface area contributed by atoms with Crippen molar-refractivity contribution >= 4 is 32.7 Å². The molecule has 0 atom stereocenters. The second-order valence-corrected chi connectivity index (χ2v) is 5.52. The van der Waals surface area contributed by atoms with Crippen LogP contribution in [0, 0.1) is 0 Å². The monoisotopic (exact) mass is 342 g/mol. The minimum Gasteiger partial charge on any atom is -0.298 e. The topological polar surface area (TPSA) is 52.0 Å². The molecule has 1 heterocycles. The van der Waals surface area contributed by atoms with Crippen molar-refractivity contribution in [3.63, 3.8) is 0 Å². The lowest BCUT2D eigenvalue weighted by Crippen LogP contribution is -2.24. The molecule has 0 aliphatic carbocycles. The van der Waals surface area contributed by atoms with Gasteiger partial charge in [0.2, 0.25) is 0 Å². The summed E-state index contributed by atoms with van der Waals surface area (Å²) in [5, 5.41) is 0. The maximum atomic E-state index is 12.4. The Morgan fingerprint density at radius 3 is 2.76 bits per heavy atom. The molecule has 3 aromatic rings. The molecule has 0 aliphatic rings. The van der Waals surface area contributed by atoms with Crippen LogP contribution in [0.25, 0.3) is 11.0 Å². The number of Topliss-reactive ketones (excluding diaryl/α,β-unsaturated/α-hetero) is 1. The van der Waals surface area contributed by atoms with Gasteiger partial charge < -0.3 is 0 Å². The van der Waals surface area contributed by atoms with Crippen LogP contribution >= 0.6 is 15.9 Å². The van der Waals surface area contributed by atoms with E-state index in [1.807, 2.05) is 24.3 Å². The smallest absolute Gasteiger partial charge is 0.269 e. The second kappa shape index (κ2) is 5.61. The third-order valence-electron chi connectivity index (χ3n) is 3.20. The van der Waals surface area contributed by atoms with E-state index in [2.05, 4.69) is 20.9 Å². The molecule has 0 unspecified atom stereocenters. The van der Waals surface area contributed by atoms with Gasteiger partial charge in [-0.3, -0.25) is 14.2 Å². The van der Waals surface area contributed by atoms with Crippen molar-refractivity contribution in [2.75, 3.05) is 0 Å². The van der Waals surface area contributed by atoms with Crippen molar-refractivity contribution in [3.05, 3.63) is 75.1 Å². The third-order valence-corrected chi connectivity index (χ3v) is 3.69. The Morgan fingerprint density at radius 2 is 1.95 bits per heavy atom. The molecule has 0 N–H and O–H groups in total. The number of carbonyl (C=O) groups excluding carboxylic acids is 1. The van der Waals surface area contributed by atoms with Crippen LogP contribution in [-0.2, 0) is 6.54 Å². The fourth-order valence-corrected chi connectivity index (χ4v) is 2.57. The van der Waals surface area contributed by atoms with Gasteiger partial charge in [-0.1, -0.05) is 40.2 Å². The molecule has 3 rings (SSSR count).